The Bertz CT molecular complexity index is 476. The summed E-state index contributed by atoms with van der Waals surface area (Å²) in [7, 11) is 0. The number of aryl methyl sites for hydroxylation is 1. The molecule has 2 rings (SSSR count). The Morgan fingerprint density at radius 1 is 1.53 bits per heavy atom. The van der Waals surface area contributed by atoms with Crippen LogP contribution in [0.1, 0.15) is 5.56 Å². The van der Waals surface area contributed by atoms with E-state index in [9.17, 15) is 9.59 Å². The van der Waals surface area contributed by atoms with Crippen molar-refractivity contribution in [2.45, 2.75) is 6.92 Å². The summed E-state index contributed by atoms with van der Waals surface area (Å²) in [6.07, 6.45) is 1.45. The van der Waals surface area contributed by atoms with E-state index >= 15 is 0 Å². The van der Waals surface area contributed by atoms with Gasteiger partial charge in [-0.05, 0) is 24.6 Å². The molecule has 5 heteroatoms. The predicted octanol–water partition coefficient (Wildman–Crippen LogP) is 1.29. The maximum absolute atomic E-state index is 11.1. The van der Waals surface area contributed by atoms with Crippen molar-refractivity contribution < 1.29 is 14.3 Å². The second kappa shape index (κ2) is 3.55. The Balaban J connectivity index is 2.52. The predicted molar refractivity (Wildman–Crippen MR) is 53.1 cm³/mol. The largest absolute Gasteiger partial charge is 0.481 e. The van der Waals surface area contributed by atoms with Crippen molar-refractivity contribution in [2.24, 2.45) is 4.99 Å². The van der Waals surface area contributed by atoms with Crippen LogP contribution in [-0.4, -0.2) is 18.6 Å². The van der Waals surface area contributed by atoms with Gasteiger partial charge in [0.25, 0.3) is 5.91 Å². The van der Waals surface area contributed by atoms with Crippen molar-refractivity contribution in [3.05, 3.63) is 17.7 Å². The monoisotopic (exact) mass is 204 g/mol. The molecule has 1 heterocycles. The van der Waals surface area contributed by atoms with E-state index in [1.807, 2.05) is 6.92 Å². The summed E-state index contributed by atoms with van der Waals surface area (Å²) in [6, 6.07) is 3.27. The highest BCUT2D eigenvalue weighted by Gasteiger charge is 2.18. The van der Waals surface area contributed by atoms with Crippen LogP contribution in [0.4, 0.5) is 11.4 Å². The van der Waals surface area contributed by atoms with Gasteiger partial charge in [0.2, 0.25) is 6.08 Å². The summed E-state index contributed by atoms with van der Waals surface area (Å²) in [6.45, 7) is 1.84. The number of nitrogens with one attached hydrogen (secondary N) is 1. The van der Waals surface area contributed by atoms with E-state index in [-0.39, 0.29) is 12.5 Å². The second-order valence-corrected chi connectivity index (χ2v) is 3.18. The number of amides is 1. The molecule has 0 spiro atoms. The lowest BCUT2D eigenvalue weighted by molar-refractivity contribution is -0.118. The number of hydrogen-bond donors (Lipinski definition) is 1. The Morgan fingerprint density at radius 2 is 2.33 bits per heavy atom. The molecule has 0 unspecified atom stereocenters. The fourth-order valence-electron chi connectivity index (χ4n) is 1.48. The van der Waals surface area contributed by atoms with E-state index in [4.69, 9.17) is 4.74 Å². The van der Waals surface area contributed by atoms with Crippen LogP contribution in [0, 0.1) is 6.92 Å². The van der Waals surface area contributed by atoms with Crippen LogP contribution in [0.15, 0.2) is 17.1 Å². The average Bonchev–Trinajstić information content (AvgIpc) is 2.17. The van der Waals surface area contributed by atoms with Gasteiger partial charge in [-0.1, -0.05) is 0 Å². The molecule has 0 aromatic heterocycles. The number of rotatable bonds is 1. The second-order valence-electron chi connectivity index (χ2n) is 3.18. The number of anilines is 1. The summed E-state index contributed by atoms with van der Waals surface area (Å²) in [5.74, 6) is 0.411. The number of fused-ring (bicyclic) bond motifs is 1. The van der Waals surface area contributed by atoms with Gasteiger partial charge in [-0.15, -0.1) is 0 Å². The SMILES string of the molecule is Cc1cc(N=C=O)cc2c1OCC(=O)N2. The highest BCUT2D eigenvalue weighted by molar-refractivity contribution is 5.96. The number of hydrogen-bond acceptors (Lipinski definition) is 4. The van der Waals surface area contributed by atoms with Crippen LogP contribution in [0.3, 0.4) is 0 Å². The van der Waals surface area contributed by atoms with Gasteiger partial charge >= 0.3 is 0 Å². The molecular weight excluding hydrogens is 196 g/mol. The molecule has 1 amide bonds. The van der Waals surface area contributed by atoms with Gasteiger partial charge < -0.3 is 10.1 Å². The Kier molecular flexibility index (Phi) is 2.23. The van der Waals surface area contributed by atoms with Gasteiger partial charge in [0.15, 0.2) is 6.61 Å². The van der Waals surface area contributed by atoms with Gasteiger partial charge in [0.1, 0.15) is 5.75 Å². The quantitative estimate of drug-likeness (QED) is 0.553. The van der Waals surface area contributed by atoms with Gasteiger partial charge in [-0.25, -0.2) is 4.79 Å². The molecule has 1 aromatic carbocycles. The van der Waals surface area contributed by atoms with Crippen LogP contribution in [0.2, 0.25) is 0 Å². The third-order valence-corrected chi connectivity index (χ3v) is 2.06. The van der Waals surface area contributed by atoms with Crippen molar-refractivity contribution in [3.63, 3.8) is 0 Å². The number of nitrogens with zero attached hydrogens (tertiary/aromatic N) is 1. The zero-order chi connectivity index (χ0) is 10.8. The van der Waals surface area contributed by atoms with Crippen molar-refractivity contribution in [1.29, 1.82) is 0 Å². The number of benzene rings is 1. The lowest BCUT2D eigenvalue weighted by Gasteiger charge is -2.19. The van der Waals surface area contributed by atoms with Gasteiger partial charge in [-0.2, -0.15) is 4.99 Å². The molecular formula is C10H8N2O3. The lowest BCUT2D eigenvalue weighted by Crippen LogP contribution is -2.25. The fraction of sp³-hybridized carbons (Fsp3) is 0.200. The molecule has 1 aromatic rings. The van der Waals surface area contributed by atoms with Crippen molar-refractivity contribution >= 4 is 23.4 Å². The van der Waals surface area contributed by atoms with Crippen LogP contribution in [0.25, 0.3) is 0 Å². The molecule has 0 atom stereocenters. The van der Waals surface area contributed by atoms with E-state index < -0.39 is 0 Å². The van der Waals surface area contributed by atoms with Gasteiger partial charge in [-0.3, -0.25) is 4.79 Å². The molecule has 0 saturated heterocycles. The van der Waals surface area contributed by atoms with E-state index in [0.29, 0.717) is 17.1 Å². The van der Waals surface area contributed by atoms with Gasteiger partial charge in [0, 0.05) is 0 Å². The zero-order valence-electron chi connectivity index (χ0n) is 8.03. The van der Waals surface area contributed by atoms with Crippen molar-refractivity contribution in [1.82, 2.24) is 0 Å². The average molecular weight is 204 g/mol. The van der Waals surface area contributed by atoms with E-state index in [1.165, 1.54) is 6.08 Å². The molecule has 5 nitrogen and oxygen atoms in total. The first-order chi connectivity index (χ1) is 7.20. The number of isocyanates is 1. The summed E-state index contributed by atoms with van der Waals surface area (Å²) in [5.41, 5.74) is 1.81. The first-order valence-electron chi connectivity index (χ1n) is 4.36. The number of carbonyl (C=O) groups is 1. The standard InChI is InChI=1S/C10H8N2O3/c1-6-2-7(11-5-13)3-8-10(6)15-4-9(14)12-8/h2-3H,4H2,1H3,(H,12,14). The fourth-order valence-corrected chi connectivity index (χ4v) is 1.48. The molecule has 76 valence electrons. The lowest BCUT2D eigenvalue weighted by atomic mass is 10.1. The zero-order valence-corrected chi connectivity index (χ0v) is 8.03. The maximum atomic E-state index is 11.1. The number of ether oxygens (including phenoxy) is 1. The Morgan fingerprint density at radius 3 is 3.07 bits per heavy atom. The normalized spacial score (nSPS) is 13.3. The summed E-state index contributed by atoms with van der Waals surface area (Å²) < 4.78 is 5.25. The van der Waals surface area contributed by atoms with Crippen LogP contribution in [-0.2, 0) is 9.59 Å². The molecule has 15 heavy (non-hydrogen) atoms. The van der Waals surface area contributed by atoms with E-state index in [0.717, 1.165) is 5.56 Å². The minimum Gasteiger partial charge on any atom is -0.481 e. The third-order valence-electron chi connectivity index (χ3n) is 2.06. The molecule has 1 aliphatic rings. The summed E-state index contributed by atoms with van der Waals surface area (Å²) in [5, 5.41) is 2.65. The van der Waals surface area contributed by atoms with E-state index in [1.54, 1.807) is 12.1 Å². The van der Waals surface area contributed by atoms with Crippen LogP contribution < -0.4 is 10.1 Å². The summed E-state index contributed by atoms with van der Waals surface area (Å²) >= 11 is 0. The van der Waals surface area contributed by atoms with Gasteiger partial charge in [0.05, 0.1) is 11.4 Å². The Hall–Kier alpha value is -2.13. The molecule has 0 radical (unpaired) electrons. The summed E-state index contributed by atoms with van der Waals surface area (Å²) in [4.78, 5) is 24.7. The number of carbonyl (C=O) groups excluding carboxylic acids is 2. The maximum Gasteiger partial charge on any atom is 0.262 e. The highest BCUT2D eigenvalue weighted by atomic mass is 16.5. The minimum atomic E-state index is -0.214. The highest BCUT2D eigenvalue weighted by Crippen LogP contribution is 2.35. The van der Waals surface area contributed by atoms with Crippen molar-refractivity contribution in [2.75, 3.05) is 11.9 Å². The Labute approximate surface area is 85.8 Å². The molecule has 0 saturated carbocycles. The molecule has 0 bridgehead atoms. The molecule has 0 aliphatic carbocycles. The molecule has 1 aliphatic heterocycles. The van der Waals surface area contributed by atoms with Crippen LogP contribution >= 0.6 is 0 Å². The first-order valence-corrected chi connectivity index (χ1v) is 4.36. The molecule has 1 N–H and O–H groups in total. The minimum absolute atomic E-state index is 0.0180. The first kappa shape index (κ1) is 9.43. The number of aliphatic imine (C=N–C) groups is 1. The topological polar surface area (TPSA) is 67.8 Å². The van der Waals surface area contributed by atoms with E-state index in [2.05, 4.69) is 10.3 Å². The smallest absolute Gasteiger partial charge is 0.262 e. The molecule has 0 fully saturated rings. The van der Waals surface area contributed by atoms with Crippen LogP contribution in [0.5, 0.6) is 5.75 Å². The van der Waals surface area contributed by atoms with Crippen molar-refractivity contribution in [3.8, 4) is 5.75 Å². The third kappa shape index (κ3) is 1.73.